The maximum atomic E-state index is 14.4. The Morgan fingerprint density at radius 3 is 1.87 bits per heavy atom. The molecule has 5 aliphatic carbocycles. The number of cyclic esters (lactones) is 1. The molecule has 0 aromatic carbocycles. The molecule has 11 N–H and O–H groups in total. The molecule has 9 fully saturated rings. The van der Waals surface area contributed by atoms with Gasteiger partial charge >= 0.3 is 11.9 Å². The zero-order chi connectivity index (χ0) is 48.6. The number of carboxylic acids is 1. The smallest absolute Gasteiger partial charge is 0.348 e. The molecule has 25 atom stereocenters. The van der Waals surface area contributed by atoms with Crippen molar-refractivity contribution in [3.63, 3.8) is 0 Å². The van der Waals surface area contributed by atoms with E-state index in [9.17, 15) is 65.8 Å². The standard InChI is InChI=1S/C47H74O20/c1-41(20-62-38-35(66-37-33(55)29(51)22(18-49)64-37)32(54)30(52)23(65-38)19-61-36-34(56)31(53)28(50)21(17-48)63-36)11-6-12-42(2)24(41)9-13-43(3)25(42)7-8-26-44(43,4)15-16-47(60)27-10-14-46(26,47)40(59)67-45(27,5)39(57)58/h21-38,48-56,60H,6-20H2,1-5H3,(H,57,58)/t21-,22+,23-,24+,25-,26+,27-,28-,29+,30-,31+,32+,33-,34-,35-,36-,37+,38-,41-,42+,43-,44-,45-,46-,47-/m1/s1. The molecule has 0 amide bonds. The van der Waals surface area contributed by atoms with Crippen LogP contribution in [-0.2, 0) is 42.7 Å². The molecule has 5 saturated carbocycles. The van der Waals surface area contributed by atoms with Crippen molar-refractivity contribution in [3.8, 4) is 0 Å². The van der Waals surface area contributed by atoms with E-state index in [0.717, 1.165) is 38.5 Å². The maximum absolute atomic E-state index is 14.4. The number of rotatable bonds is 11. The van der Waals surface area contributed by atoms with Crippen molar-refractivity contribution < 1.29 is 98.9 Å². The van der Waals surface area contributed by atoms with Gasteiger partial charge in [0.2, 0.25) is 5.60 Å². The SMILES string of the molecule is C[C@]1(CO[C@@H]2O[C@H](CO[C@@H]3O[C@H](CO)[C@@H](O)[C@H](O)[C@H]3O)[C@@H](O)[C@H](O)[C@H]2O[C@@H]2O[C@@H](CO)[C@H](O)[C@H]2O)CCC[C@]2(C)[C@H]3CC[C@@H]4[C@]56CC[C@H]([C@](C)(C(=O)O)OC5=O)[C@]6(O)CC[C@@]4(C)[C@]3(C)CC[C@@H]12. The van der Waals surface area contributed by atoms with Crippen LogP contribution in [0.5, 0.6) is 0 Å². The van der Waals surface area contributed by atoms with Crippen LogP contribution in [0.4, 0.5) is 0 Å². The number of aliphatic carboxylic acids is 1. The minimum Gasteiger partial charge on any atom is -0.478 e. The summed E-state index contributed by atoms with van der Waals surface area (Å²) in [5.74, 6) is -2.38. The third-order valence-electron chi connectivity index (χ3n) is 20.3. The van der Waals surface area contributed by atoms with Gasteiger partial charge in [0, 0.05) is 5.92 Å². The Bertz CT molecular complexity index is 1870. The van der Waals surface area contributed by atoms with Gasteiger partial charge in [-0.1, -0.05) is 34.1 Å². The number of carbonyl (C=O) groups excluding carboxylic acids is 1. The van der Waals surface area contributed by atoms with Gasteiger partial charge < -0.3 is 89.3 Å². The average Bonchev–Trinajstić information content (AvgIpc) is 3.71. The third-order valence-corrected chi connectivity index (χ3v) is 20.3. The van der Waals surface area contributed by atoms with E-state index >= 15 is 0 Å². The van der Waals surface area contributed by atoms with E-state index in [4.69, 9.17) is 33.2 Å². The van der Waals surface area contributed by atoms with Crippen molar-refractivity contribution >= 4 is 11.9 Å². The predicted octanol–water partition coefficient (Wildman–Crippen LogP) is -0.943. The molecule has 67 heavy (non-hydrogen) atoms. The van der Waals surface area contributed by atoms with E-state index < -0.39 is 146 Å². The highest BCUT2D eigenvalue weighted by Crippen LogP contribution is 2.80. The summed E-state index contributed by atoms with van der Waals surface area (Å²) in [6, 6.07) is 0. The number of hydrogen-bond donors (Lipinski definition) is 11. The molecule has 0 aromatic heterocycles. The lowest BCUT2D eigenvalue weighted by molar-refractivity contribution is -0.355. The van der Waals surface area contributed by atoms with Crippen LogP contribution in [0.15, 0.2) is 0 Å². The van der Waals surface area contributed by atoms with Gasteiger partial charge in [-0.2, -0.15) is 0 Å². The summed E-state index contributed by atoms with van der Waals surface area (Å²) in [5.41, 5.74) is -5.76. The lowest BCUT2D eigenvalue weighted by Crippen LogP contribution is -2.75. The monoisotopic (exact) mass is 958 g/mol. The van der Waals surface area contributed by atoms with E-state index in [2.05, 4.69) is 27.7 Å². The molecule has 9 aliphatic rings. The second kappa shape index (κ2) is 17.2. The molecule has 2 bridgehead atoms. The molecule has 0 radical (unpaired) electrons. The second-order valence-corrected chi connectivity index (χ2v) is 23.1. The minimum absolute atomic E-state index is 0.103. The van der Waals surface area contributed by atoms with E-state index in [-0.39, 0.29) is 40.6 Å². The quantitative estimate of drug-likeness (QED) is 0.111. The molecule has 0 aromatic rings. The summed E-state index contributed by atoms with van der Waals surface area (Å²) < 4.78 is 41.7. The number of fused-ring (bicyclic) bond motifs is 5. The normalized spacial score (nSPS) is 57.1. The number of carboxylic acid groups (broad SMARTS) is 1. The van der Waals surface area contributed by atoms with Crippen LogP contribution < -0.4 is 0 Å². The summed E-state index contributed by atoms with van der Waals surface area (Å²) in [4.78, 5) is 26.9. The first-order chi connectivity index (χ1) is 31.4. The number of esters is 1. The molecule has 4 saturated heterocycles. The Kier molecular flexibility index (Phi) is 12.9. The molecule has 4 heterocycles. The van der Waals surface area contributed by atoms with E-state index in [1.165, 1.54) is 6.92 Å². The Morgan fingerprint density at radius 2 is 1.19 bits per heavy atom. The fourth-order valence-electron chi connectivity index (χ4n) is 16.5. The number of aliphatic hydroxyl groups is 10. The summed E-state index contributed by atoms with van der Waals surface area (Å²) in [6.45, 7) is 8.87. The van der Waals surface area contributed by atoms with E-state index in [1.807, 2.05) is 0 Å². The molecule has 4 aliphatic heterocycles. The van der Waals surface area contributed by atoms with Gasteiger partial charge in [0.15, 0.2) is 18.9 Å². The third kappa shape index (κ3) is 7.04. The Labute approximate surface area is 389 Å². The van der Waals surface area contributed by atoms with Crippen LogP contribution in [0.1, 0.15) is 105 Å². The first-order valence-corrected chi connectivity index (χ1v) is 24.4. The largest absolute Gasteiger partial charge is 0.478 e. The molecular formula is C47H74O20. The van der Waals surface area contributed by atoms with E-state index in [1.54, 1.807) is 0 Å². The van der Waals surface area contributed by atoms with E-state index in [0.29, 0.717) is 32.1 Å². The molecule has 382 valence electrons. The van der Waals surface area contributed by atoms with Crippen molar-refractivity contribution in [1.29, 1.82) is 0 Å². The topological polar surface area (TPSA) is 321 Å². The summed E-state index contributed by atoms with van der Waals surface area (Å²) in [7, 11) is 0. The zero-order valence-electron chi connectivity index (χ0n) is 39.1. The van der Waals surface area contributed by atoms with Gasteiger partial charge in [-0.05, 0) is 111 Å². The molecule has 0 unspecified atom stereocenters. The molecular weight excluding hydrogens is 884 g/mol. The van der Waals surface area contributed by atoms with Gasteiger partial charge in [-0.3, -0.25) is 4.79 Å². The van der Waals surface area contributed by atoms with Crippen LogP contribution in [0.2, 0.25) is 0 Å². The Hall–Kier alpha value is -1.70. The Morgan fingerprint density at radius 1 is 0.612 bits per heavy atom. The summed E-state index contributed by atoms with van der Waals surface area (Å²) >= 11 is 0. The second-order valence-electron chi connectivity index (χ2n) is 23.1. The first kappa shape index (κ1) is 50.2. The fraction of sp³-hybridized carbons (Fsp3) is 0.957. The van der Waals surface area contributed by atoms with Gasteiger partial charge in [-0.15, -0.1) is 0 Å². The van der Waals surface area contributed by atoms with Crippen LogP contribution in [-0.4, -0.2) is 192 Å². The lowest BCUT2D eigenvalue weighted by Gasteiger charge is -2.74. The zero-order valence-corrected chi connectivity index (χ0v) is 39.1. The summed E-state index contributed by atoms with van der Waals surface area (Å²) in [6.07, 6.45) is -14.2. The van der Waals surface area contributed by atoms with Crippen molar-refractivity contribution in [2.45, 2.75) is 202 Å². The number of ether oxygens (including phenoxy) is 7. The molecule has 20 heteroatoms. The van der Waals surface area contributed by atoms with Crippen molar-refractivity contribution in [1.82, 2.24) is 0 Å². The summed E-state index contributed by atoms with van der Waals surface area (Å²) in [5, 5.41) is 118. The van der Waals surface area contributed by atoms with Crippen LogP contribution >= 0.6 is 0 Å². The van der Waals surface area contributed by atoms with Gasteiger partial charge in [0.25, 0.3) is 0 Å². The van der Waals surface area contributed by atoms with Gasteiger partial charge in [-0.25, -0.2) is 4.79 Å². The first-order valence-electron chi connectivity index (χ1n) is 24.4. The van der Waals surface area contributed by atoms with Crippen molar-refractivity contribution in [2.24, 2.45) is 50.7 Å². The number of hydrogen-bond acceptors (Lipinski definition) is 19. The fourth-order valence-corrected chi connectivity index (χ4v) is 16.5. The molecule has 9 rings (SSSR count). The maximum Gasteiger partial charge on any atom is 0.348 e. The van der Waals surface area contributed by atoms with Gasteiger partial charge in [0.1, 0.15) is 72.6 Å². The number of carbonyl (C=O) groups is 2. The van der Waals surface area contributed by atoms with Crippen molar-refractivity contribution in [2.75, 3.05) is 26.4 Å². The highest BCUT2D eigenvalue weighted by molar-refractivity contribution is 5.89. The van der Waals surface area contributed by atoms with Crippen LogP contribution in [0.25, 0.3) is 0 Å². The average molecular weight is 959 g/mol. The number of aliphatic hydroxyl groups excluding tert-OH is 9. The Balaban J connectivity index is 0.952. The van der Waals surface area contributed by atoms with Crippen LogP contribution in [0.3, 0.4) is 0 Å². The highest BCUT2D eigenvalue weighted by atomic mass is 16.8. The highest BCUT2D eigenvalue weighted by Gasteiger charge is 2.82. The van der Waals surface area contributed by atoms with Crippen molar-refractivity contribution in [3.05, 3.63) is 0 Å². The minimum atomic E-state index is -1.80. The van der Waals surface area contributed by atoms with Crippen LogP contribution in [0, 0.1) is 50.7 Å². The predicted molar refractivity (Wildman–Crippen MR) is 226 cm³/mol. The van der Waals surface area contributed by atoms with Gasteiger partial charge in [0.05, 0.1) is 32.0 Å². The lowest BCUT2D eigenvalue weighted by atomic mass is 9.31. The molecule has 0 spiro atoms. The molecule has 20 nitrogen and oxygen atoms in total.